The number of amides is 1. The number of hydrogen-bond acceptors (Lipinski definition) is 2. The number of guanidine groups is 1. The van der Waals surface area contributed by atoms with Crippen LogP contribution in [0.1, 0.15) is 40.0 Å². The molecule has 1 heterocycles. The van der Waals surface area contributed by atoms with Gasteiger partial charge in [-0.3, -0.25) is 15.1 Å². The van der Waals surface area contributed by atoms with Gasteiger partial charge in [0.25, 0.3) is 5.91 Å². The van der Waals surface area contributed by atoms with Crippen molar-refractivity contribution >= 4 is 11.9 Å². The number of aliphatic imine (C=N–C) groups is 1. The SMILES string of the molecule is CC(C)CN=C1NC(=O)C(C)(CCCC(F)(F)F)N1. The zero-order chi connectivity index (χ0) is 14.7. The Morgan fingerprint density at radius 1 is 1.37 bits per heavy atom. The number of carbonyl (C=O) groups is 1. The molecule has 0 aromatic carbocycles. The molecule has 0 aliphatic carbocycles. The molecule has 1 unspecified atom stereocenters. The van der Waals surface area contributed by atoms with Crippen molar-refractivity contribution in [1.29, 1.82) is 0 Å². The van der Waals surface area contributed by atoms with Gasteiger partial charge in [-0.2, -0.15) is 13.2 Å². The molecule has 1 aliphatic heterocycles. The van der Waals surface area contributed by atoms with E-state index in [-0.39, 0.29) is 18.7 Å². The maximum absolute atomic E-state index is 12.1. The molecule has 1 aliphatic rings. The predicted octanol–water partition coefficient (Wildman–Crippen LogP) is 2.21. The van der Waals surface area contributed by atoms with Gasteiger partial charge < -0.3 is 5.32 Å². The number of carbonyl (C=O) groups excluding carboxylic acids is 1. The fourth-order valence-corrected chi connectivity index (χ4v) is 1.77. The number of hydrogen-bond donors (Lipinski definition) is 2. The second-order valence-electron chi connectivity index (χ2n) is 5.46. The summed E-state index contributed by atoms with van der Waals surface area (Å²) in [7, 11) is 0. The van der Waals surface area contributed by atoms with Crippen LogP contribution in [0.2, 0.25) is 0 Å². The van der Waals surface area contributed by atoms with Crippen molar-refractivity contribution in [3.05, 3.63) is 0 Å². The lowest BCUT2D eigenvalue weighted by Crippen LogP contribution is -2.43. The maximum atomic E-state index is 12.1. The lowest BCUT2D eigenvalue weighted by atomic mass is 9.95. The summed E-state index contributed by atoms with van der Waals surface area (Å²) in [6.45, 7) is 6.13. The topological polar surface area (TPSA) is 53.5 Å². The molecule has 7 heteroatoms. The first-order chi connectivity index (χ1) is 8.62. The Balaban J connectivity index is 2.53. The third kappa shape index (κ3) is 5.08. The Labute approximate surface area is 110 Å². The van der Waals surface area contributed by atoms with E-state index in [0.717, 1.165) is 0 Å². The molecule has 4 nitrogen and oxygen atoms in total. The van der Waals surface area contributed by atoms with Gasteiger partial charge in [-0.25, -0.2) is 0 Å². The molecule has 0 aromatic rings. The molecular weight excluding hydrogens is 259 g/mol. The van der Waals surface area contributed by atoms with Gasteiger partial charge in [0.15, 0.2) is 5.96 Å². The summed E-state index contributed by atoms with van der Waals surface area (Å²) in [5, 5.41) is 5.45. The van der Waals surface area contributed by atoms with Crippen LogP contribution in [0.5, 0.6) is 0 Å². The van der Waals surface area contributed by atoms with E-state index in [1.807, 2.05) is 13.8 Å². The molecule has 0 bridgehead atoms. The van der Waals surface area contributed by atoms with Crippen LogP contribution in [0.25, 0.3) is 0 Å². The minimum absolute atomic E-state index is 0.0854. The molecule has 1 rings (SSSR count). The summed E-state index contributed by atoms with van der Waals surface area (Å²) in [5.41, 5.74) is -0.999. The number of nitrogens with one attached hydrogen (secondary N) is 2. The van der Waals surface area contributed by atoms with Crippen LogP contribution in [0.15, 0.2) is 4.99 Å². The summed E-state index contributed by atoms with van der Waals surface area (Å²) in [6, 6.07) is 0. The highest BCUT2D eigenvalue weighted by atomic mass is 19.4. The highest BCUT2D eigenvalue weighted by Gasteiger charge is 2.41. The van der Waals surface area contributed by atoms with Crippen LogP contribution in [0, 0.1) is 5.92 Å². The molecule has 0 aromatic heterocycles. The average Bonchev–Trinajstić information content (AvgIpc) is 2.50. The van der Waals surface area contributed by atoms with E-state index in [0.29, 0.717) is 18.4 Å². The Morgan fingerprint density at radius 3 is 2.53 bits per heavy atom. The summed E-state index contributed by atoms with van der Waals surface area (Å²) in [5.74, 6) is 0.383. The van der Waals surface area contributed by atoms with Crippen LogP contribution < -0.4 is 10.6 Å². The van der Waals surface area contributed by atoms with E-state index in [1.165, 1.54) is 0 Å². The molecule has 1 fully saturated rings. The van der Waals surface area contributed by atoms with Gasteiger partial charge in [0.05, 0.1) is 0 Å². The van der Waals surface area contributed by atoms with Crippen molar-refractivity contribution in [2.24, 2.45) is 10.9 Å². The second kappa shape index (κ2) is 5.79. The maximum Gasteiger partial charge on any atom is 0.389 e. The fraction of sp³-hybridized carbons (Fsp3) is 0.833. The normalized spacial score (nSPS) is 25.8. The standard InChI is InChI=1S/C12H20F3N3O/c1-8(2)7-16-10-17-9(19)11(3,18-10)5-4-6-12(13,14)15/h8H,4-7H2,1-3H3,(H2,16,17,18,19). The van der Waals surface area contributed by atoms with E-state index in [9.17, 15) is 18.0 Å². The molecule has 110 valence electrons. The van der Waals surface area contributed by atoms with Gasteiger partial charge in [0.2, 0.25) is 0 Å². The van der Waals surface area contributed by atoms with Crippen molar-refractivity contribution in [3.63, 3.8) is 0 Å². The molecule has 0 radical (unpaired) electrons. The van der Waals surface area contributed by atoms with Crippen LogP contribution in [-0.4, -0.2) is 30.1 Å². The van der Waals surface area contributed by atoms with E-state index < -0.39 is 18.1 Å². The Bertz CT molecular complexity index is 366. The highest BCUT2D eigenvalue weighted by molar-refractivity contribution is 6.08. The van der Waals surface area contributed by atoms with Gasteiger partial charge in [0.1, 0.15) is 5.54 Å². The summed E-state index contributed by atoms with van der Waals surface area (Å²) in [6.07, 6.45) is -5.02. The van der Waals surface area contributed by atoms with Crippen molar-refractivity contribution in [2.75, 3.05) is 6.54 Å². The van der Waals surface area contributed by atoms with Crippen LogP contribution in [-0.2, 0) is 4.79 Å². The largest absolute Gasteiger partial charge is 0.389 e. The summed E-state index contributed by atoms with van der Waals surface area (Å²) in [4.78, 5) is 15.9. The first-order valence-electron chi connectivity index (χ1n) is 6.33. The van der Waals surface area contributed by atoms with Crippen molar-refractivity contribution in [3.8, 4) is 0 Å². The molecule has 0 spiro atoms. The molecule has 1 saturated heterocycles. The van der Waals surface area contributed by atoms with Gasteiger partial charge in [0, 0.05) is 13.0 Å². The quantitative estimate of drug-likeness (QED) is 0.810. The van der Waals surface area contributed by atoms with E-state index in [2.05, 4.69) is 15.6 Å². The minimum Gasteiger partial charge on any atom is -0.342 e. The van der Waals surface area contributed by atoms with Crippen molar-refractivity contribution in [1.82, 2.24) is 10.6 Å². The molecule has 1 amide bonds. The number of nitrogens with zero attached hydrogens (tertiary/aromatic N) is 1. The monoisotopic (exact) mass is 279 g/mol. The van der Waals surface area contributed by atoms with Crippen LogP contribution in [0.3, 0.4) is 0 Å². The molecule has 1 atom stereocenters. The highest BCUT2D eigenvalue weighted by Crippen LogP contribution is 2.26. The molecule has 2 N–H and O–H groups in total. The van der Waals surface area contributed by atoms with Crippen LogP contribution >= 0.6 is 0 Å². The zero-order valence-corrected chi connectivity index (χ0v) is 11.4. The van der Waals surface area contributed by atoms with Crippen LogP contribution in [0.4, 0.5) is 13.2 Å². The van der Waals surface area contributed by atoms with E-state index in [4.69, 9.17) is 0 Å². The Kier molecular flexibility index (Phi) is 4.81. The van der Waals surface area contributed by atoms with Gasteiger partial charge in [-0.05, 0) is 25.7 Å². The fourth-order valence-electron chi connectivity index (χ4n) is 1.77. The smallest absolute Gasteiger partial charge is 0.342 e. The first kappa shape index (κ1) is 15.8. The van der Waals surface area contributed by atoms with E-state index >= 15 is 0 Å². The molecule has 0 saturated carbocycles. The third-order valence-electron chi connectivity index (χ3n) is 2.88. The van der Waals surface area contributed by atoms with Crippen molar-refractivity contribution in [2.45, 2.75) is 51.7 Å². The second-order valence-corrected chi connectivity index (χ2v) is 5.46. The number of halogens is 3. The van der Waals surface area contributed by atoms with E-state index in [1.54, 1.807) is 6.92 Å². The minimum atomic E-state index is -4.18. The molecule has 19 heavy (non-hydrogen) atoms. The van der Waals surface area contributed by atoms with Gasteiger partial charge in [-0.15, -0.1) is 0 Å². The Hall–Kier alpha value is -1.27. The van der Waals surface area contributed by atoms with Gasteiger partial charge >= 0.3 is 6.18 Å². The molecular formula is C12H20F3N3O. The number of rotatable bonds is 5. The average molecular weight is 279 g/mol. The van der Waals surface area contributed by atoms with Gasteiger partial charge in [-0.1, -0.05) is 13.8 Å². The number of alkyl halides is 3. The summed E-state index contributed by atoms with van der Waals surface area (Å²) >= 11 is 0. The zero-order valence-electron chi connectivity index (χ0n) is 11.4. The lowest BCUT2D eigenvalue weighted by Gasteiger charge is -2.21. The third-order valence-corrected chi connectivity index (χ3v) is 2.88. The van der Waals surface area contributed by atoms with Crippen molar-refractivity contribution < 1.29 is 18.0 Å². The first-order valence-corrected chi connectivity index (χ1v) is 6.33. The predicted molar refractivity (Wildman–Crippen MR) is 66.7 cm³/mol. The summed E-state index contributed by atoms with van der Waals surface area (Å²) < 4.78 is 36.3. The lowest BCUT2D eigenvalue weighted by molar-refractivity contribution is -0.137. The Morgan fingerprint density at radius 2 is 2.00 bits per heavy atom.